The minimum atomic E-state index is -0.556. The Morgan fingerprint density at radius 1 is 0.960 bits per heavy atom. The van der Waals surface area contributed by atoms with Crippen LogP contribution in [-0.2, 0) is 4.79 Å². The molecule has 7 heteroatoms. The number of carbonyl (C=O) groups is 3. The van der Waals surface area contributed by atoms with Crippen LogP contribution in [0.5, 0.6) is 0 Å². The van der Waals surface area contributed by atoms with E-state index in [9.17, 15) is 18.8 Å². The molecular weight excluding hydrogens is 325 g/mol. The zero-order valence-corrected chi connectivity index (χ0v) is 13.3. The molecule has 0 spiro atoms. The Hall–Kier alpha value is -3.22. The molecule has 2 aromatic rings. The van der Waals surface area contributed by atoms with Gasteiger partial charge in [0.05, 0.1) is 0 Å². The molecule has 0 saturated carbocycles. The highest BCUT2D eigenvalue weighted by molar-refractivity contribution is 6.01. The molecule has 0 aromatic heterocycles. The van der Waals surface area contributed by atoms with Crippen LogP contribution in [0.3, 0.4) is 0 Å². The molecule has 1 fully saturated rings. The van der Waals surface area contributed by atoms with Crippen molar-refractivity contribution in [2.45, 2.75) is 12.8 Å². The van der Waals surface area contributed by atoms with Gasteiger partial charge in [-0.25, -0.2) is 4.39 Å². The van der Waals surface area contributed by atoms with E-state index >= 15 is 0 Å². The molecule has 1 aliphatic heterocycles. The van der Waals surface area contributed by atoms with E-state index in [1.807, 2.05) is 0 Å². The summed E-state index contributed by atoms with van der Waals surface area (Å²) in [7, 11) is 0. The number of hydrogen-bond acceptors (Lipinski definition) is 3. The number of hydrogen-bond donors (Lipinski definition) is 2. The first-order chi connectivity index (χ1) is 12.0. The predicted molar refractivity (Wildman–Crippen MR) is 89.4 cm³/mol. The van der Waals surface area contributed by atoms with E-state index in [0.29, 0.717) is 24.2 Å². The quantitative estimate of drug-likeness (QED) is 0.839. The number of anilines is 1. The molecule has 6 nitrogen and oxygen atoms in total. The van der Waals surface area contributed by atoms with Gasteiger partial charge in [0.1, 0.15) is 5.82 Å². The number of nitrogens with one attached hydrogen (secondary N) is 2. The van der Waals surface area contributed by atoms with E-state index in [-0.39, 0.29) is 11.5 Å². The minimum absolute atomic E-state index is 0.0298. The van der Waals surface area contributed by atoms with Crippen molar-refractivity contribution in [2.75, 3.05) is 11.4 Å². The smallest absolute Gasteiger partial charge is 0.269 e. The topological polar surface area (TPSA) is 78.5 Å². The lowest BCUT2D eigenvalue weighted by Gasteiger charge is -2.16. The van der Waals surface area contributed by atoms with Gasteiger partial charge in [-0.05, 0) is 48.9 Å². The van der Waals surface area contributed by atoms with Crippen molar-refractivity contribution < 1.29 is 18.8 Å². The summed E-state index contributed by atoms with van der Waals surface area (Å²) in [5.41, 5.74) is 5.77. The van der Waals surface area contributed by atoms with Gasteiger partial charge in [0, 0.05) is 29.8 Å². The predicted octanol–water partition coefficient (Wildman–Crippen LogP) is 2.03. The highest BCUT2D eigenvalue weighted by Gasteiger charge is 2.22. The molecule has 3 rings (SSSR count). The zero-order valence-electron chi connectivity index (χ0n) is 13.3. The summed E-state index contributed by atoms with van der Waals surface area (Å²) >= 11 is 0. The summed E-state index contributed by atoms with van der Waals surface area (Å²) in [6, 6.07) is 11.6. The van der Waals surface area contributed by atoms with Gasteiger partial charge < -0.3 is 4.90 Å². The van der Waals surface area contributed by atoms with Gasteiger partial charge >= 0.3 is 0 Å². The Morgan fingerprint density at radius 3 is 2.28 bits per heavy atom. The Kier molecular flexibility index (Phi) is 4.74. The number of amides is 3. The minimum Gasteiger partial charge on any atom is -0.312 e. The standard InChI is InChI=1S/C18H16FN3O3/c19-14-8-6-12(7-9-14)17(24)20-21-18(25)13-3-1-4-15(11-13)22-10-2-5-16(22)23/h1,3-4,6-9,11H,2,5,10H2,(H,20,24)(H,21,25). The molecule has 25 heavy (non-hydrogen) atoms. The van der Waals surface area contributed by atoms with Crippen LogP contribution in [0.4, 0.5) is 10.1 Å². The number of rotatable bonds is 3. The summed E-state index contributed by atoms with van der Waals surface area (Å²) in [6.07, 6.45) is 1.30. The van der Waals surface area contributed by atoms with Gasteiger partial charge in [-0.1, -0.05) is 6.07 Å². The fourth-order valence-electron chi connectivity index (χ4n) is 2.60. The first kappa shape index (κ1) is 16.6. The molecule has 0 unspecified atom stereocenters. The third-order valence-electron chi connectivity index (χ3n) is 3.89. The van der Waals surface area contributed by atoms with Crippen LogP contribution in [0.2, 0.25) is 0 Å². The Morgan fingerprint density at radius 2 is 1.64 bits per heavy atom. The SMILES string of the molecule is O=C(NNC(=O)c1cccc(N2CCCC2=O)c1)c1ccc(F)cc1. The molecule has 0 aliphatic carbocycles. The van der Waals surface area contributed by atoms with Crippen LogP contribution >= 0.6 is 0 Å². The van der Waals surface area contributed by atoms with Crippen molar-refractivity contribution in [3.8, 4) is 0 Å². The van der Waals surface area contributed by atoms with E-state index in [4.69, 9.17) is 0 Å². The highest BCUT2D eigenvalue weighted by atomic mass is 19.1. The molecule has 1 aliphatic rings. The Balaban J connectivity index is 1.64. The van der Waals surface area contributed by atoms with E-state index in [1.165, 1.54) is 12.1 Å². The number of hydrazine groups is 1. The van der Waals surface area contributed by atoms with Crippen LogP contribution in [0.1, 0.15) is 33.6 Å². The second kappa shape index (κ2) is 7.12. The molecule has 2 N–H and O–H groups in total. The fraction of sp³-hybridized carbons (Fsp3) is 0.167. The van der Waals surface area contributed by atoms with Gasteiger partial charge in [-0.2, -0.15) is 0 Å². The summed E-state index contributed by atoms with van der Waals surface area (Å²) < 4.78 is 12.8. The van der Waals surface area contributed by atoms with Crippen molar-refractivity contribution in [1.29, 1.82) is 0 Å². The lowest BCUT2D eigenvalue weighted by Crippen LogP contribution is -2.41. The van der Waals surface area contributed by atoms with Crippen LogP contribution in [0, 0.1) is 5.82 Å². The van der Waals surface area contributed by atoms with E-state index in [2.05, 4.69) is 10.9 Å². The zero-order chi connectivity index (χ0) is 17.8. The van der Waals surface area contributed by atoms with Gasteiger partial charge in [0.15, 0.2) is 0 Å². The lowest BCUT2D eigenvalue weighted by atomic mass is 10.2. The normalized spacial score (nSPS) is 13.6. The number of halogens is 1. The monoisotopic (exact) mass is 341 g/mol. The van der Waals surface area contributed by atoms with Crippen molar-refractivity contribution in [3.05, 3.63) is 65.5 Å². The van der Waals surface area contributed by atoms with Crippen molar-refractivity contribution >= 4 is 23.4 Å². The average Bonchev–Trinajstić information content (AvgIpc) is 3.06. The molecule has 2 aromatic carbocycles. The van der Waals surface area contributed by atoms with Gasteiger partial charge in [-0.3, -0.25) is 25.2 Å². The van der Waals surface area contributed by atoms with Crippen LogP contribution < -0.4 is 15.8 Å². The van der Waals surface area contributed by atoms with Crippen LogP contribution in [0.15, 0.2) is 48.5 Å². The Labute approximate surface area is 143 Å². The highest BCUT2D eigenvalue weighted by Crippen LogP contribution is 2.22. The fourth-order valence-corrected chi connectivity index (χ4v) is 2.60. The molecule has 1 saturated heterocycles. The van der Waals surface area contributed by atoms with E-state index < -0.39 is 17.6 Å². The van der Waals surface area contributed by atoms with Crippen LogP contribution in [-0.4, -0.2) is 24.3 Å². The second-order valence-electron chi connectivity index (χ2n) is 5.61. The Bertz CT molecular complexity index is 821. The van der Waals surface area contributed by atoms with Crippen molar-refractivity contribution in [3.63, 3.8) is 0 Å². The molecular formula is C18H16FN3O3. The summed E-state index contributed by atoms with van der Waals surface area (Å²) in [5.74, 6) is -1.49. The largest absolute Gasteiger partial charge is 0.312 e. The first-order valence-corrected chi connectivity index (χ1v) is 7.81. The second-order valence-corrected chi connectivity index (χ2v) is 5.61. The molecule has 0 atom stereocenters. The third-order valence-corrected chi connectivity index (χ3v) is 3.89. The third kappa shape index (κ3) is 3.82. The first-order valence-electron chi connectivity index (χ1n) is 7.81. The van der Waals surface area contributed by atoms with Gasteiger partial charge in [-0.15, -0.1) is 0 Å². The molecule has 0 radical (unpaired) electrons. The van der Waals surface area contributed by atoms with Crippen molar-refractivity contribution in [2.24, 2.45) is 0 Å². The molecule has 3 amide bonds. The van der Waals surface area contributed by atoms with E-state index in [1.54, 1.807) is 29.2 Å². The molecule has 128 valence electrons. The maximum absolute atomic E-state index is 12.8. The van der Waals surface area contributed by atoms with Crippen molar-refractivity contribution in [1.82, 2.24) is 10.9 Å². The summed E-state index contributed by atoms with van der Waals surface area (Å²) in [5, 5.41) is 0. The summed E-state index contributed by atoms with van der Waals surface area (Å²) in [6.45, 7) is 0.630. The number of carbonyl (C=O) groups excluding carboxylic acids is 3. The molecule has 1 heterocycles. The van der Waals surface area contributed by atoms with Crippen LogP contribution in [0.25, 0.3) is 0 Å². The maximum atomic E-state index is 12.8. The maximum Gasteiger partial charge on any atom is 0.269 e. The van der Waals surface area contributed by atoms with Gasteiger partial charge in [0.25, 0.3) is 11.8 Å². The lowest BCUT2D eigenvalue weighted by molar-refractivity contribution is -0.117. The van der Waals surface area contributed by atoms with Gasteiger partial charge in [0.2, 0.25) is 5.91 Å². The van der Waals surface area contributed by atoms with E-state index in [0.717, 1.165) is 18.6 Å². The number of nitrogens with zero attached hydrogens (tertiary/aromatic N) is 1. The summed E-state index contributed by atoms with van der Waals surface area (Å²) in [4.78, 5) is 37.5. The molecule has 0 bridgehead atoms. The average molecular weight is 341 g/mol. The number of benzene rings is 2.